The first-order valence-corrected chi connectivity index (χ1v) is 11.4. The smallest absolute Gasteiger partial charge is 0.211 e. The fourth-order valence-electron chi connectivity index (χ4n) is 3.81. The van der Waals surface area contributed by atoms with E-state index in [-0.39, 0.29) is 13.1 Å². The number of aliphatic hydroxyl groups is 1. The molecule has 1 N–H and O–H groups in total. The van der Waals surface area contributed by atoms with Gasteiger partial charge in [-0.3, -0.25) is 0 Å². The third-order valence-electron chi connectivity index (χ3n) is 5.16. The van der Waals surface area contributed by atoms with Gasteiger partial charge in [-0.2, -0.15) is 4.31 Å². The highest BCUT2D eigenvalue weighted by Crippen LogP contribution is 2.29. The van der Waals surface area contributed by atoms with Crippen LogP contribution >= 0.6 is 0 Å². The number of sulfonamides is 1. The molecule has 29 heavy (non-hydrogen) atoms. The van der Waals surface area contributed by atoms with Gasteiger partial charge in [0.15, 0.2) is 0 Å². The number of fused-ring (bicyclic) bond motifs is 3. The van der Waals surface area contributed by atoms with E-state index in [1.165, 1.54) is 10.6 Å². The monoisotopic (exact) mass is 408 g/mol. The summed E-state index contributed by atoms with van der Waals surface area (Å²) in [6, 6.07) is 25.6. The van der Waals surface area contributed by atoms with Gasteiger partial charge < -0.3 is 9.67 Å². The molecule has 0 spiro atoms. The number of hydrogen-bond acceptors (Lipinski definition) is 3. The molecule has 1 unspecified atom stereocenters. The summed E-state index contributed by atoms with van der Waals surface area (Å²) in [6.45, 7) is 0.591. The average Bonchev–Trinajstić information content (AvgIpc) is 3.02. The van der Waals surface area contributed by atoms with E-state index in [2.05, 4.69) is 16.7 Å². The molecule has 1 heterocycles. The van der Waals surface area contributed by atoms with Crippen molar-refractivity contribution in [1.82, 2.24) is 8.87 Å². The van der Waals surface area contributed by atoms with Crippen molar-refractivity contribution in [2.75, 3.05) is 12.8 Å². The standard InChI is InChI=1S/C23H24N2O3S/c1-29(27,28)24(15-18-9-3-2-4-10-18)16-19(26)17-25-22-13-7-5-11-20(22)21-12-6-8-14-23(21)25/h2-14,19,26H,15-17H2,1H3. The second kappa shape index (κ2) is 7.99. The molecule has 0 aliphatic carbocycles. The number of aliphatic hydroxyl groups excluding tert-OH is 1. The third-order valence-corrected chi connectivity index (χ3v) is 6.37. The SMILES string of the molecule is CS(=O)(=O)N(Cc1ccccc1)CC(O)Cn1c2ccccc2c2ccccc21. The van der Waals surface area contributed by atoms with Crippen LogP contribution in [0.1, 0.15) is 5.56 Å². The van der Waals surface area contributed by atoms with Gasteiger partial charge in [-0.25, -0.2) is 8.42 Å². The van der Waals surface area contributed by atoms with Crippen LogP contribution in [0.15, 0.2) is 78.9 Å². The Morgan fingerprint density at radius 2 is 1.38 bits per heavy atom. The normalized spacial score (nSPS) is 13.3. The van der Waals surface area contributed by atoms with E-state index < -0.39 is 16.1 Å². The second-order valence-electron chi connectivity index (χ2n) is 7.34. The molecule has 150 valence electrons. The van der Waals surface area contributed by atoms with Crippen LogP contribution in [0.2, 0.25) is 0 Å². The van der Waals surface area contributed by atoms with Gasteiger partial charge in [0.2, 0.25) is 10.0 Å². The molecule has 0 bridgehead atoms. The van der Waals surface area contributed by atoms with Gasteiger partial charge in [0.25, 0.3) is 0 Å². The van der Waals surface area contributed by atoms with Gasteiger partial charge in [-0.05, 0) is 17.7 Å². The Kier molecular flexibility index (Phi) is 5.41. The first kappa shape index (κ1) is 19.6. The Morgan fingerprint density at radius 3 is 1.93 bits per heavy atom. The highest BCUT2D eigenvalue weighted by molar-refractivity contribution is 7.88. The molecule has 0 saturated carbocycles. The highest BCUT2D eigenvalue weighted by atomic mass is 32.2. The third kappa shape index (κ3) is 4.19. The molecule has 6 heteroatoms. The Balaban J connectivity index is 1.62. The summed E-state index contributed by atoms with van der Waals surface area (Å²) < 4.78 is 28.0. The largest absolute Gasteiger partial charge is 0.390 e. The summed E-state index contributed by atoms with van der Waals surface area (Å²) >= 11 is 0. The number of nitrogens with zero attached hydrogens (tertiary/aromatic N) is 2. The lowest BCUT2D eigenvalue weighted by Gasteiger charge is -2.24. The van der Waals surface area contributed by atoms with Crippen LogP contribution in [-0.4, -0.2) is 41.3 Å². The minimum absolute atomic E-state index is 0.0363. The Hall–Kier alpha value is -2.67. The molecule has 0 amide bonds. The lowest BCUT2D eigenvalue weighted by atomic mass is 10.2. The predicted molar refractivity (Wildman–Crippen MR) is 117 cm³/mol. The van der Waals surface area contributed by atoms with Crippen molar-refractivity contribution in [1.29, 1.82) is 0 Å². The van der Waals surface area contributed by atoms with E-state index in [1.54, 1.807) is 0 Å². The Morgan fingerprint density at radius 1 is 0.862 bits per heavy atom. The Labute approximate surface area is 170 Å². The molecule has 3 aromatic carbocycles. The van der Waals surface area contributed by atoms with E-state index in [1.807, 2.05) is 66.7 Å². The lowest BCUT2D eigenvalue weighted by Crippen LogP contribution is -2.38. The Bertz CT molecular complexity index is 1180. The molecule has 5 nitrogen and oxygen atoms in total. The van der Waals surface area contributed by atoms with Gasteiger partial charge in [0, 0.05) is 34.9 Å². The molecule has 0 aliphatic heterocycles. The zero-order valence-corrected chi connectivity index (χ0v) is 17.1. The van der Waals surface area contributed by atoms with Crippen LogP contribution in [-0.2, 0) is 23.1 Å². The molecule has 4 rings (SSSR count). The van der Waals surface area contributed by atoms with Gasteiger partial charge in [0.1, 0.15) is 0 Å². The first-order valence-electron chi connectivity index (χ1n) is 9.56. The molecular weight excluding hydrogens is 384 g/mol. The van der Waals surface area contributed by atoms with Gasteiger partial charge in [0.05, 0.1) is 18.9 Å². The molecule has 0 saturated heterocycles. The molecular formula is C23H24N2O3S. The van der Waals surface area contributed by atoms with Crippen molar-refractivity contribution < 1.29 is 13.5 Å². The zero-order valence-electron chi connectivity index (χ0n) is 16.3. The fourth-order valence-corrected chi connectivity index (χ4v) is 4.63. The minimum atomic E-state index is -3.46. The lowest BCUT2D eigenvalue weighted by molar-refractivity contribution is 0.129. The highest BCUT2D eigenvalue weighted by Gasteiger charge is 2.22. The van der Waals surface area contributed by atoms with Gasteiger partial charge >= 0.3 is 0 Å². The maximum atomic E-state index is 12.3. The van der Waals surface area contributed by atoms with Crippen LogP contribution in [0.25, 0.3) is 21.8 Å². The number of benzene rings is 3. The van der Waals surface area contributed by atoms with Gasteiger partial charge in [-0.15, -0.1) is 0 Å². The molecule has 4 aromatic rings. The summed E-state index contributed by atoms with van der Waals surface area (Å²) in [7, 11) is -3.46. The van der Waals surface area contributed by atoms with Crippen molar-refractivity contribution in [3.05, 3.63) is 84.4 Å². The van der Waals surface area contributed by atoms with E-state index in [0.29, 0.717) is 6.54 Å². The van der Waals surface area contributed by atoms with Crippen LogP contribution in [0.3, 0.4) is 0 Å². The predicted octanol–water partition coefficient (Wildman–Crippen LogP) is 3.62. The van der Waals surface area contributed by atoms with Crippen molar-refractivity contribution in [2.45, 2.75) is 19.2 Å². The van der Waals surface area contributed by atoms with E-state index in [9.17, 15) is 13.5 Å². The number of aromatic nitrogens is 1. The topological polar surface area (TPSA) is 62.5 Å². The number of rotatable bonds is 7. The maximum Gasteiger partial charge on any atom is 0.211 e. The molecule has 1 atom stereocenters. The number of para-hydroxylation sites is 2. The summed E-state index contributed by atoms with van der Waals surface area (Å²) in [4.78, 5) is 0. The van der Waals surface area contributed by atoms with Gasteiger partial charge in [-0.1, -0.05) is 66.7 Å². The maximum absolute atomic E-state index is 12.3. The van der Waals surface area contributed by atoms with E-state index in [4.69, 9.17) is 0 Å². The van der Waals surface area contributed by atoms with E-state index in [0.717, 1.165) is 27.4 Å². The fraction of sp³-hybridized carbons (Fsp3) is 0.217. The van der Waals surface area contributed by atoms with Crippen LogP contribution in [0.4, 0.5) is 0 Å². The second-order valence-corrected chi connectivity index (χ2v) is 9.32. The number of hydrogen-bond donors (Lipinski definition) is 1. The van der Waals surface area contributed by atoms with Crippen molar-refractivity contribution in [2.24, 2.45) is 0 Å². The average molecular weight is 409 g/mol. The van der Waals surface area contributed by atoms with Crippen molar-refractivity contribution in [3.8, 4) is 0 Å². The molecule has 1 aromatic heterocycles. The van der Waals surface area contributed by atoms with Crippen molar-refractivity contribution in [3.63, 3.8) is 0 Å². The quantitative estimate of drug-likeness (QED) is 0.508. The molecule has 0 radical (unpaired) electrons. The summed E-state index contributed by atoms with van der Waals surface area (Å²) in [5, 5.41) is 13.1. The summed E-state index contributed by atoms with van der Waals surface area (Å²) in [5.74, 6) is 0. The van der Waals surface area contributed by atoms with Crippen molar-refractivity contribution >= 4 is 31.8 Å². The van der Waals surface area contributed by atoms with E-state index >= 15 is 0 Å². The molecule has 0 aliphatic rings. The first-order chi connectivity index (χ1) is 13.9. The van der Waals surface area contributed by atoms with Crippen LogP contribution < -0.4 is 0 Å². The zero-order chi connectivity index (χ0) is 20.4. The summed E-state index contributed by atoms with van der Waals surface area (Å²) in [5.41, 5.74) is 2.95. The summed E-state index contributed by atoms with van der Waals surface area (Å²) in [6.07, 6.45) is 0.344. The van der Waals surface area contributed by atoms with Crippen LogP contribution in [0, 0.1) is 0 Å². The minimum Gasteiger partial charge on any atom is -0.390 e. The van der Waals surface area contributed by atoms with Crippen LogP contribution in [0.5, 0.6) is 0 Å². The molecule has 0 fully saturated rings.